The minimum absolute atomic E-state index is 0.209. The summed E-state index contributed by atoms with van der Waals surface area (Å²) >= 11 is 0. The van der Waals surface area contributed by atoms with Gasteiger partial charge >= 0.3 is 0 Å². The Hall–Kier alpha value is -2.24. The molecule has 1 heterocycles. The number of nitrogens with two attached hydrogens (primary N) is 1. The van der Waals surface area contributed by atoms with Crippen LogP contribution in [0.3, 0.4) is 0 Å². The van der Waals surface area contributed by atoms with Crippen molar-refractivity contribution >= 4 is 17.2 Å². The third-order valence-corrected chi connectivity index (χ3v) is 3.06. The quantitative estimate of drug-likeness (QED) is 0.882. The number of ether oxygens (including phenoxy) is 1. The summed E-state index contributed by atoms with van der Waals surface area (Å²) in [4.78, 5) is 0. The number of aryl methyl sites for hydroxylation is 2. The predicted octanol–water partition coefficient (Wildman–Crippen LogP) is 2.85. The van der Waals surface area contributed by atoms with Gasteiger partial charge in [0.2, 0.25) is 0 Å². The van der Waals surface area contributed by atoms with Gasteiger partial charge < -0.3 is 15.8 Å². The van der Waals surface area contributed by atoms with E-state index in [1.54, 1.807) is 23.9 Å². The van der Waals surface area contributed by atoms with E-state index in [-0.39, 0.29) is 5.75 Å². The average Bonchev–Trinajstić information content (AvgIpc) is 2.67. The lowest BCUT2D eigenvalue weighted by Gasteiger charge is -2.09. The van der Waals surface area contributed by atoms with E-state index in [0.29, 0.717) is 17.2 Å². The van der Waals surface area contributed by atoms with Crippen LogP contribution in [0.5, 0.6) is 5.75 Å². The number of hydrogen-bond acceptors (Lipinski definition) is 4. The summed E-state index contributed by atoms with van der Waals surface area (Å²) < 4.78 is 20.2. The minimum atomic E-state index is -0.424. The van der Waals surface area contributed by atoms with Crippen LogP contribution in [-0.4, -0.2) is 16.9 Å². The second kappa shape index (κ2) is 5.81. The molecular weight excluding hydrogens is 259 g/mol. The van der Waals surface area contributed by atoms with Gasteiger partial charge in [0.1, 0.15) is 0 Å². The average molecular weight is 278 g/mol. The second-order valence-electron chi connectivity index (χ2n) is 4.56. The van der Waals surface area contributed by atoms with Gasteiger partial charge in [-0.3, -0.25) is 4.68 Å². The Kier molecular flexibility index (Phi) is 4.12. The summed E-state index contributed by atoms with van der Waals surface area (Å²) in [5.74, 6) is 0.449. The third-order valence-electron chi connectivity index (χ3n) is 3.06. The molecule has 3 N–H and O–H groups in total. The minimum Gasteiger partial charge on any atom is -0.494 e. The molecule has 0 aliphatic rings. The van der Waals surface area contributed by atoms with Gasteiger partial charge in [-0.25, -0.2) is 4.39 Å². The fourth-order valence-electron chi connectivity index (χ4n) is 2.05. The summed E-state index contributed by atoms with van der Waals surface area (Å²) in [5, 5.41) is 7.45. The van der Waals surface area contributed by atoms with Crippen LogP contribution in [0.4, 0.5) is 21.6 Å². The van der Waals surface area contributed by atoms with E-state index in [0.717, 1.165) is 18.5 Å². The van der Waals surface area contributed by atoms with E-state index in [9.17, 15) is 4.39 Å². The summed E-state index contributed by atoms with van der Waals surface area (Å²) in [6, 6.07) is 4.66. The molecule has 0 fully saturated rings. The number of hydrogen-bond donors (Lipinski definition) is 2. The zero-order valence-corrected chi connectivity index (χ0v) is 11.9. The molecule has 2 rings (SSSR count). The molecule has 0 aliphatic heterocycles. The molecule has 0 atom stereocenters. The van der Waals surface area contributed by atoms with Crippen molar-refractivity contribution in [3.63, 3.8) is 0 Å². The van der Waals surface area contributed by atoms with Gasteiger partial charge in [0.15, 0.2) is 17.4 Å². The second-order valence-corrected chi connectivity index (χ2v) is 4.56. The number of aromatic nitrogens is 2. The van der Waals surface area contributed by atoms with Gasteiger partial charge in [0, 0.05) is 18.8 Å². The van der Waals surface area contributed by atoms with E-state index >= 15 is 0 Å². The van der Waals surface area contributed by atoms with Crippen LogP contribution in [0.2, 0.25) is 0 Å². The molecule has 6 heteroatoms. The maximum atomic E-state index is 13.7. The normalized spacial score (nSPS) is 10.6. The molecule has 108 valence electrons. The van der Waals surface area contributed by atoms with Crippen molar-refractivity contribution in [2.24, 2.45) is 7.05 Å². The monoisotopic (exact) mass is 278 g/mol. The van der Waals surface area contributed by atoms with Crippen molar-refractivity contribution < 1.29 is 9.13 Å². The number of rotatable bonds is 5. The fourth-order valence-corrected chi connectivity index (χ4v) is 2.05. The molecule has 0 radical (unpaired) electrons. The lowest BCUT2D eigenvalue weighted by molar-refractivity contribution is 0.386. The maximum absolute atomic E-state index is 13.7. The number of nitrogens with one attached hydrogen (secondary N) is 1. The molecule has 1 aromatic carbocycles. The van der Waals surface area contributed by atoms with Gasteiger partial charge in [0.05, 0.1) is 18.5 Å². The molecular formula is C14H19FN4O. The van der Waals surface area contributed by atoms with Gasteiger partial charge in [-0.15, -0.1) is 0 Å². The van der Waals surface area contributed by atoms with Crippen molar-refractivity contribution in [2.75, 3.05) is 18.2 Å². The number of benzene rings is 1. The summed E-state index contributed by atoms with van der Waals surface area (Å²) in [6.07, 6.45) is 1.79. The SMILES string of the molecule is CCCc1nn(C)c(Nc2ccc(OC)c(F)c2)c1N. The van der Waals surface area contributed by atoms with Crippen LogP contribution < -0.4 is 15.8 Å². The molecule has 0 bridgehead atoms. The smallest absolute Gasteiger partial charge is 0.167 e. The highest BCUT2D eigenvalue weighted by molar-refractivity contribution is 5.71. The Balaban J connectivity index is 2.28. The molecule has 20 heavy (non-hydrogen) atoms. The van der Waals surface area contributed by atoms with Crippen molar-refractivity contribution in [2.45, 2.75) is 19.8 Å². The van der Waals surface area contributed by atoms with Crippen molar-refractivity contribution in [1.82, 2.24) is 9.78 Å². The highest BCUT2D eigenvalue weighted by atomic mass is 19.1. The molecule has 0 amide bonds. The first-order chi connectivity index (χ1) is 9.56. The van der Waals surface area contributed by atoms with E-state index < -0.39 is 5.82 Å². The first-order valence-corrected chi connectivity index (χ1v) is 6.48. The number of nitrogen functional groups attached to an aromatic ring is 1. The van der Waals surface area contributed by atoms with E-state index in [4.69, 9.17) is 10.5 Å². The lowest BCUT2D eigenvalue weighted by atomic mass is 10.2. The molecule has 0 unspecified atom stereocenters. The summed E-state index contributed by atoms with van der Waals surface area (Å²) in [7, 11) is 3.24. The lowest BCUT2D eigenvalue weighted by Crippen LogP contribution is -2.02. The Morgan fingerprint density at radius 1 is 1.45 bits per heavy atom. The van der Waals surface area contributed by atoms with E-state index in [1.165, 1.54) is 13.2 Å². The highest BCUT2D eigenvalue weighted by Gasteiger charge is 2.13. The number of anilines is 3. The topological polar surface area (TPSA) is 65.1 Å². The molecule has 2 aromatic rings. The van der Waals surface area contributed by atoms with Gasteiger partial charge in [-0.05, 0) is 18.6 Å². The van der Waals surface area contributed by atoms with E-state index in [1.807, 2.05) is 0 Å². The largest absolute Gasteiger partial charge is 0.494 e. The number of methoxy groups -OCH3 is 1. The Labute approximate surface area is 117 Å². The summed E-state index contributed by atoms with van der Waals surface area (Å²) in [6.45, 7) is 2.07. The van der Waals surface area contributed by atoms with E-state index in [2.05, 4.69) is 17.3 Å². The molecule has 0 saturated heterocycles. The number of halogens is 1. The molecule has 0 aliphatic carbocycles. The van der Waals surface area contributed by atoms with Crippen LogP contribution in [0, 0.1) is 5.82 Å². The Bertz CT molecular complexity index is 609. The molecule has 0 spiro atoms. The van der Waals surface area contributed by atoms with Crippen molar-refractivity contribution in [1.29, 1.82) is 0 Å². The number of nitrogens with zero attached hydrogens (tertiary/aromatic N) is 2. The zero-order chi connectivity index (χ0) is 14.7. The van der Waals surface area contributed by atoms with Crippen molar-refractivity contribution in [3.05, 3.63) is 29.7 Å². The fraction of sp³-hybridized carbons (Fsp3) is 0.357. The molecule has 0 saturated carbocycles. The van der Waals surface area contributed by atoms with Gasteiger partial charge in [0.25, 0.3) is 0 Å². The summed E-state index contributed by atoms with van der Waals surface area (Å²) in [5.41, 5.74) is 8.12. The zero-order valence-electron chi connectivity index (χ0n) is 11.9. The van der Waals surface area contributed by atoms with Crippen LogP contribution in [0.15, 0.2) is 18.2 Å². The van der Waals surface area contributed by atoms with Gasteiger partial charge in [-0.2, -0.15) is 5.10 Å². The highest BCUT2D eigenvalue weighted by Crippen LogP contribution is 2.28. The van der Waals surface area contributed by atoms with Crippen LogP contribution in [-0.2, 0) is 13.5 Å². The van der Waals surface area contributed by atoms with Gasteiger partial charge in [-0.1, -0.05) is 13.3 Å². The Morgan fingerprint density at radius 3 is 2.80 bits per heavy atom. The molecule has 5 nitrogen and oxygen atoms in total. The standard InChI is InChI=1S/C14H19FN4O/c1-4-5-11-13(16)14(19(2)18-11)17-9-6-7-12(20-3)10(15)8-9/h6-8,17H,4-5,16H2,1-3H3. The maximum Gasteiger partial charge on any atom is 0.167 e. The van der Waals surface area contributed by atoms with Crippen LogP contribution >= 0.6 is 0 Å². The third kappa shape index (κ3) is 2.68. The van der Waals surface area contributed by atoms with Crippen LogP contribution in [0.25, 0.3) is 0 Å². The predicted molar refractivity (Wildman–Crippen MR) is 77.9 cm³/mol. The first kappa shape index (κ1) is 14.2. The van der Waals surface area contributed by atoms with Crippen LogP contribution in [0.1, 0.15) is 19.0 Å². The molecule has 1 aromatic heterocycles. The van der Waals surface area contributed by atoms with Crippen molar-refractivity contribution in [3.8, 4) is 5.75 Å². The Morgan fingerprint density at radius 2 is 2.20 bits per heavy atom. The first-order valence-electron chi connectivity index (χ1n) is 6.48.